The molecule has 0 rings (SSSR count). The van der Waals surface area contributed by atoms with Gasteiger partial charge in [0.2, 0.25) is 0 Å². The van der Waals surface area contributed by atoms with E-state index in [9.17, 15) is 9.59 Å². The van der Waals surface area contributed by atoms with Gasteiger partial charge in [0.15, 0.2) is 0 Å². The van der Waals surface area contributed by atoms with Crippen molar-refractivity contribution in [2.24, 2.45) is 0 Å². The first kappa shape index (κ1) is 25.1. The van der Waals surface area contributed by atoms with E-state index < -0.39 is 17.1 Å². The van der Waals surface area contributed by atoms with E-state index in [1.165, 1.54) is 0 Å². The number of hydrogen-bond donors (Lipinski definition) is 2. The molecule has 0 aromatic rings. The van der Waals surface area contributed by atoms with Crippen molar-refractivity contribution >= 4 is 17.1 Å². The van der Waals surface area contributed by atoms with Crippen LogP contribution >= 0.6 is 0 Å². The van der Waals surface area contributed by atoms with Crippen molar-refractivity contribution in [3.63, 3.8) is 0 Å². The maximum absolute atomic E-state index is 9.27. The standard InChI is InChI=1S/2C6H16O2Si.Zr.2H/c2*1-6(2,3)8-9(4,5)7;;;/h2*7H,1-5H3;;;/q;;+2;2*-1. The summed E-state index contributed by atoms with van der Waals surface area (Å²) in [6.07, 6.45) is 0. The molecular formula is C12H34O4Si2Zr. The van der Waals surface area contributed by atoms with Crippen LogP contribution < -0.4 is 0 Å². The molecule has 2 N–H and O–H groups in total. The van der Waals surface area contributed by atoms with E-state index in [1.807, 2.05) is 41.5 Å². The molecule has 0 aliphatic rings. The Balaban J connectivity index is -0.0000000711. The van der Waals surface area contributed by atoms with Crippen LogP contribution in [0.15, 0.2) is 0 Å². The first-order chi connectivity index (χ1) is 7.41. The summed E-state index contributed by atoms with van der Waals surface area (Å²) < 4.78 is 10.6. The first-order valence-corrected chi connectivity index (χ1v) is 12.0. The van der Waals surface area contributed by atoms with Gasteiger partial charge in [-0.3, -0.25) is 0 Å². The van der Waals surface area contributed by atoms with Gasteiger partial charge in [-0.05, 0) is 67.7 Å². The van der Waals surface area contributed by atoms with E-state index >= 15 is 0 Å². The fourth-order valence-electron chi connectivity index (χ4n) is 1.50. The molecule has 0 amide bonds. The van der Waals surface area contributed by atoms with Crippen molar-refractivity contribution < 1.29 is 47.5 Å². The Morgan fingerprint density at radius 1 is 0.684 bits per heavy atom. The summed E-state index contributed by atoms with van der Waals surface area (Å²) in [6.45, 7) is 18.7. The summed E-state index contributed by atoms with van der Waals surface area (Å²) in [4.78, 5) is 18.5. The third-order valence-electron chi connectivity index (χ3n) is 1.11. The molecule has 0 aliphatic carbocycles. The molecule has 118 valence electrons. The first-order valence-electron chi connectivity index (χ1n) is 6.26. The summed E-state index contributed by atoms with van der Waals surface area (Å²) in [5.74, 6) is 0. The fourth-order valence-corrected chi connectivity index (χ4v) is 4.50. The molecule has 0 aliphatic heterocycles. The van der Waals surface area contributed by atoms with Crippen LogP contribution in [0.1, 0.15) is 44.4 Å². The van der Waals surface area contributed by atoms with Crippen molar-refractivity contribution in [2.75, 3.05) is 0 Å². The minimum atomic E-state index is -2.29. The van der Waals surface area contributed by atoms with E-state index in [0.717, 1.165) is 0 Å². The minimum Gasteiger partial charge on any atom is -1.00 e. The second-order valence-corrected chi connectivity index (χ2v) is 13.5. The van der Waals surface area contributed by atoms with Crippen LogP contribution in [0, 0.1) is 0 Å². The average molecular weight is 390 g/mol. The number of hydrogen-bond acceptors (Lipinski definition) is 4. The van der Waals surface area contributed by atoms with Gasteiger partial charge in [-0.15, -0.1) is 0 Å². The Labute approximate surface area is 143 Å². The van der Waals surface area contributed by atoms with Gasteiger partial charge < -0.3 is 21.3 Å². The Bertz CT molecular complexity index is 194. The number of rotatable bonds is 2. The molecule has 0 atom stereocenters. The third-order valence-corrected chi connectivity index (χ3v) is 3.34. The molecule has 0 unspecified atom stereocenters. The Morgan fingerprint density at radius 2 is 0.842 bits per heavy atom. The van der Waals surface area contributed by atoms with Gasteiger partial charge in [-0.2, -0.15) is 0 Å². The molecule has 19 heavy (non-hydrogen) atoms. The zero-order valence-corrected chi connectivity index (χ0v) is 18.7. The van der Waals surface area contributed by atoms with E-state index in [2.05, 4.69) is 0 Å². The van der Waals surface area contributed by atoms with Gasteiger partial charge in [-0.25, -0.2) is 0 Å². The zero-order valence-electron chi connectivity index (χ0n) is 16.2. The molecule has 0 heterocycles. The quantitative estimate of drug-likeness (QED) is 0.712. The van der Waals surface area contributed by atoms with Crippen molar-refractivity contribution in [1.29, 1.82) is 0 Å². The van der Waals surface area contributed by atoms with Gasteiger partial charge in [0.25, 0.3) is 0 Å². The van der Waals surface area contributed by atoms with Crippen LogP contribution in [0.4, 0.5) is 0 Å². The second-order valence-electron chi connectivity index (χ2n) is 7.32. The van der Waals surface area contributed by atoms with Crippen molar-refractivity contribution in [2.45, 2.75) is 78.9 Å². The minimum absolute atomic E-state index is 0. The summed E-state index contributed by atoms with van der Waals surface area (Å²) in [7, 11) is -4.59. The summed E-state index contributed by atoms with van der Waals surface area (Å²) in [6, 6.07) is 0. The topological polar surface area (TPSA) is 58.9 Å². The van der Waals surface area contributed by atoms with Crippen molar-refractivity contribution in [1.82, 2.24) is 0 Å². The molecule has 0 aromatic heterocycles. The molecule has 0 saturated heterocycles. The molecule has 0 spiro atoms. The molecule has 0 radical (unpaired) electrons. The van der Waals surface area contributed by atoms with Gasteiger partial charge in [0, 0.05) is 0 Å². The van der Waals surface area contributed by atoms with Crippen LogP contribution in [0.2, 0.25) is 26.2 Å². The maximum Gasteiger partial charge on any atom is 2.00 e. The van der Waals surface area contributed by atoms with Gasteiger partial charge in [0.05, 0.1) is 11.2 Å². The summed E-state index contributed by atoms with van der Waals surface area (Å²) >= 11 is 0. The normalized spacial score (nSPS) is 13.3. The second kappa shape index (κ2) is 8.56. The molecule has 7 heteroatoms. The van der Waals surface area contributed by atoms with Crippen LogP contribution in [0.5, 0.6) is 0 Å². The average Bonchev–Trinajstić information content (AvgIpc) is 1.64. The zero-order chi connectivity index (χ0) is 15.4. The Hall–Kier alpha value is 1.16. The largest absolute Gasteiger partial charge is 2.00 e. The van der Waals surface area contributed by atoms with Crippen molar-refractivity contribution in [3.8, 4) is 0 Å². The van der Waals surface area contributed by atoms with E-state index in [1.54, 1.807) is 26.2 Å². The van der Waals surface area contributed by atoms with Crippen LogP contribution in [0.3, 0.4) is 0 Å². The molecule has 0 aromatic carbocycles. The third kappa shape index (κ3) is 32.6. The van der Waals surface area contributed by atoms with Crippen LogP contribution in [0.25, 0.3) is 0 Å². The molecule has 0 saturated carbocycles. The smallest absolute Gasteiger partial charge is 1.00 e. The predicted octanol–water partition coefficient (Wildman–Crippen LogP) is 3.21. The van der Waals surface area contributed by atoms with Crippen molar-refractivity contribution in [3.05, 3.63) is 0 Å². The van der Waals surface area contributed by atoms with Crippen LogP contribution in [-0.2, 0) is 35.1 Å². The molecular weight excluding hydrogens is 356 g/mol. The molecule has 0 bridgehead atoms. The Morgan fingerprint density at radius 3 is 0.842 bits per heavy atom. The van der Waals surface area contributed by atoms with E-state index in [4.69, 9.17) is 8.85 Å². The Kier molecular flexibility index (Phi) is 11.3. The predicted molar refractivity (Wildman–Crippen MR) is 83.3 cm³/mol. The molecule has 4 nitrogen and oxygen atoms in total. The fraction of sp³-hybridized carbons (Fsp3) is 1.00. The van der Waals surface area contributed by atoms with E-state index in [0.29, 0.717) is 0 Å². The summed E-state index contributed by atoms with van der Waals surface area (Å²) in [5, 5.41) is 0. The van der Waals surface area contributed by atoms with Gasteiger partial charge >= 0.3 is 43.3 Å². The van der Waals surface area contributed by atoms with Gasteiger partial charge in [0.1, 0.15) is 0 Å². The van der Waals surface area contributed by atoms with Crippen LogP contribution in [-0.4, -0.2) is 37.9 Å². The maximum atomic E-state index is 9.27. The van der Waals surface area contributed by atoms with E-state index in [-0.39, 0.29) is 40.3 Å². The SMILES string of the molecule is CC(C)(C)O[Si](C)(C)O.CC(C)(C)O[Si](C)(C)O.[H-].[H-].[Zr+2]. The monoisotopic (exact) mass is 388 g/mol. The molecule has 0 fully saturated rings. The van der Waals surface area contributed by atoms with Gasteiger partial charge in [-0.1, -0.05) is 0 Å². The summed E-state index contributed by atoms with van der Waals surface area (Å²) in [5.41, 5.74) is -0.408.